The first-order chi connectivity index (χ1) is 7.72. The summed E-state index contributed by atoms with van der Waals surface area (Å²) in [7, 11) is 0. The van der Waals surface area contributed by atoms with E-state index in [9.17, 15) is 0 Å². The van der Waals surface area contributed by atoms with E-state index >= 15 is 0 Å². The molecule has 2 rings (SSSR count). The van der Waals surface area contributed by atoms with Crippen LogP contribution >= 0.6 is 11.8 Å². The summed E-state index contributed by atoms with van der Waals surface area (Å²) >= 11 is 1.81. The van der Waals surface area contributed by atoms with Crippen molar-refractivity contribution in [3.05, 3.63) is 30.3 Å². The van der Waals surface area contributed by atoms with Gasteiger partial charge in [0.15, 0.2) is 5.17 Å². The summed E-state index contributed by atoms with van der Waals surface area (Å²) in [5.41, 5.74) is 1.25. The molecular formula is C13H18N2S. The predicted octanol–water partition coefficient (Wildman–Crippen LogP) is 3.76. The van der Waals surface area contributed by atoms with Crippen molar-refractivity contribution in [1.82, 2.24) is 0 Å². The maximum Gasteiger partial charge on any atom is 0.161 e. The van der Waals surface area contributed by atoms with Gasteiger partial charge in [-0.1, -0.05) is 36.9 Å². The van der Waals surface area contributed by atoms with Gasteiger partial charge in [0.05, 0.1) is 5.54 Å². The van der Waals surface area contributed by atoms with E-state index in [-0.39, 0.29) is 5.54 Å². The Bertz CT molecular complexity index is 375. The fourth-order valence-electron chi connectivity index (χ4n) is 1.67. The molecule has 0 bridgehead atoms. The van der Waals surface area contributed by atoms with Gasteiger partial charge in [-0.2, -0.15) is 0 Å². The molecule has 0 radical (unpaired) electrons. The van der Waals surface area contributed by atoms with E-state index in [1.54, 1.807) is 0 Å². The largest absolute Gasteiger partial charge is 0.335 e. The third kappa shape index (κ3) is 2.79. The first kappa shape index (κ1) is 11.5. The normalized spacial score (nSPS) is 25.0. The van der Waals surface area contributed by atoms with E-state index in [4.69, 9.17) is 4.99 Å². The Labute approximate surface area is 102 Å². The average Bonchev–Trinajstić information content (AvgIpc) is 2.30. The minimum Gasteiger partial charge on any atom is -0.335 e. The molecule has 1 aliphatic rings. The van der Waals surface area contributed by atoms with Gasteiger partial charge < -0.3 is 5.32 Å². The van der Waals surface area contributed by atoms with Crippen LogP contribution in [0.5, 0.6) is 0 Å². The minimum atomic E-state index is 0.127. The van der Waals surface area contributed by atoms with Crippen molar-refractivity contribution in [1.29, 1.82) is 0 Å². The number of para-hydroxylation sites is 1. The molecule has 1 aromatic carbocycles. The summed E-state index contributed by atoms with van der Waals surface area (Å²) in [5.74, 6) is 1.16. The molecule has 0 aliphatic carbocycles. The SMILES string of the molecule is CCC1(C)CCSC(Nc2ccccc2)=N1. The average molecular weight is 234 g/mol. The monoisotopic (exact) mass is 234 g/mol. The number of hydrogen-bond acceptors (Lipinski definition) is 3. The van der Waals surface area contributed by atoms with Crippen molar-refractivity contribution in [3.8, 4) is 0 Å². The van der Waals surface area contributed by atoms with Gasteiger partial charge >= 0.3 is 0 Å². The van der Waals surface area contributed by atoms with Gasteiger partial charge in [0.2, 0.25) is 0 Å². The molecule has 0 spiro atoms. The van der Waals surface area contributed by atoms with Crippen molar-refractivity contribution in [3.63, 3.8) is 0 Å². The summed E-state index contributed by atoms with van der Waals surface area (Å²) in [6.45, 7) is 4.44. The van der Waals surface area contributed by atoms with E-state index in [1.807, 2.05) is 30.0 Å². The second-order valence-electron chi connectivity index (χ2n) is 4.36. The van der Waals surface area contributed by atoms with Gasteiger partial charge in [0.25, 0.3) is 0 Å². The van der Waals surface area contributed by atoms with Crippen molar-refractivity contribution in [2.75, 3.05) is 11.1 Å². The number of nitrogens with one attached hydrogen (secondary N) is 1. The summed E-state index contributed by atoms with van der Waals surface area (Å²) < 4.78 is 0. The Morgan fingerprint density at radius 1 is 1.38 bits per heavy atom. The highest BCUT2D eigenvalue weighted by Gasteiger charge is 2.25. The minimum absolute atomic E-state index is 0.127. The van der Waals surface area contributed by atoms with Gasteiger partial charge in [-0.05, 0) is 31.9 Å². The zero-order chi connectivity index (χ0) is 11.4. The highest BCUT2D eigenvalue weighted by Crippen LogP contribution is 2.29. The summed E-state index contributed by atoms with van der Waals surface area (Å²) in [4.78, 5) is 4.80. The van der Waals surface area contributed by atoms with Gasteiger partial charge in [0.1, 0.15) is 0 Å². The molecule has 1 unspecified atom stereocenters. The number of aliphatic imine (C=N–C) groups is 1. The second-order valence-corrected chi connectivity index (χ2v) is 5.44. The molecule has 1 N–H and O–H groups in total. The number of thioether (sulfide) groups is 1. The van der Waals surface area contributed by atoms with Crippen LogP contribution in [-0.4, -0.2) is 16.5 Å². The lowest BCUT2D eigenvalue weighted by Crippen LogP contribution is -2.29. The smallest absolute Gasteiger partial charge is 0.161 e. The number of hydrogen-bond donors (Lipinski definition) is 1. The van der Waals surface area contributed by atoms with Gasteiger partial charge in [-0.3, -0.25) is 4.99 Å². The molecule has 1 heterocycles. The Morgan fingerprint density at radius 3 is 2.81 bits per heavy atom. The van der Waals surface area contributed by atoms with Gasteiger partial charge in [-0.15, -0.1) is 0 Å². The molecule has 16 heavy (non-hydrogen) atoms. The number of benzene rings is 1. The maximum atomic E-state index is 4.80. The van der Waals surface area contributed by atoms with Crippen LogP contribution in [0, 0.1) is 0 Å². The molecule has 1 aliphatic heterocycles. The van der Waals surface area contributed by atoms with Crippen LogP contribution in [0.3, 0.4) is 0 Å². The van der Waals surface area contributed by atoms with Crippen LogP contribution in [0.4, 0.5) is 5.69 Å². The fourth-order valence-corrected chi connectivity index (χ4v) is 2.88. The standard InChI is InChI=1S/C13H18N2S/c1-3-13(2)9-10-16-12(15-13)14-11-7-5-4-6-8-11/h4-8H,3,9-10H2,1-2H3,(H,14,15). The molecule has 3 heteroatoms. The van der Waals surface area contributed by atoms with E-state index < -0.39 is 0 Å². The Hall–Kier alpha value is -0.960. The maximum absolute atomic E-state index is 4.80. The molecule has 1 aromatic rings. The lowest BCUT2D eigenvalue weighted by Gasteiger charge is -2.29. The lowest BCUT2D eigenvalue weighted by atomic mass is 9.97. The molecule has 86 valence electrons. The van der Waals surface area contributed by atoms with Crippen LogP contribution in [0.25, 0.3) is 0 Å². The summed E-state index contributed by atoms with van der Waals surface area (Å²) in [6, 6.07) is 10.2. The molecule has 0 saturated heterocycles. The van der Waals surface area contributed by atoms with E-state index in [1.165, 1.54) is 6.42 Å². The number of amidine groups is 1. The van der Waals surface area contributed by atoms with E-state index in [0.717, 1.165) is 23.0 Å². The number of rotatable bonds is 2. The first-order valence-electron chi connectivity index (χ1n) is 5.76. The van der Waals surface area contributed by atoms with Crippen molar-refractivity contribution in [2.24, 2.45) is 4.99 Å². The summed E-state index contributed by atoms with van der Waals surface area (Å²) in [5, 5.41) is 4.44. The zero-order valence-electron chi connectivity index (χ0n) is 9.86. The molecule has 1 atom stereocenters. The van der Waals surface area contributed by atoms with Crippen LogP contribution in [0.2, 0.25) is 0 Å². The van der Waals surface area contributed by atoms with Crippen LogP contribution < -0.4 is 5.32 Å². The highest BCUT2D eigenvalue weighted by molar-refractivity contribution is 8.14. The number of anilines is 1. The van der Waals surface area contributed by atoms with Gasteiger partial charge in [-0.25, -0.2) is 0 Å². The summed E-state index contributed by atoms with van der Waals surface area (Å²) in [6.07, 6.45) is 2.28. The zero-order valence-corrected chi connectivity index (χ0v) is 10.7. The highest BCUT2D eigenvalue weighted by atomic mass is 32.2. The molecular weight excluding hydrogens is 216 g/mol. The fraction of sp³-hybridized carbons (Fsp3) is 0.462. The van der Waals surface area contributed by atoms with Crippen molar-refractivity contribution in [2.45, 2.75) is 32.2 Å². The molecule has 0 amide bonds. The topological polar surface area (TPSA) is 24.4 Å². The Morgan fingerprint density at radius 2 is 2.12 bits per heavy atom. The van der Waals surface area contributed by atoms with Crippen molar-refractivity contribution < 1.29 is 0 Å². The third-order valence-electron chi connectivity index (χ3n) is 3.04. The van der Waals surface area contributed by atoms with Gasteiger partial charge in [0, 0.05) is 11.4 Å². The molecule has 0 aromatic heterocycles. The lowest BCUT2D eigenvalue weighted by molar-refractivity contribution is 0.443. The molecule has 0 saturated carbocycles. The van der Waals surface area contributed by atoms with Crippen LogP contribution in [0.1, 0.15) is 26.7 Å². The number of nitrogens with zero attached hydrogens (tertiary/aromatic N) is 1. The second kappa shape index (κ2) is 4.91. The van der Waals surface area contributed by atoms with E-state index in [0.29, 0.717) is 0 Å². The quantitative estimate of drug-likeness (QED) is 0.842. The predicted molar refractivity (Wildman–Crippen MR) is 73.3 cm³/mol. The van der Waals surface area contributed by atoms with Crippen molar-refractivity contribution >= 4 is 22.6 Å². The van der Waals surface area contributed by atoms with Crippen LogP contribution in [-0.2, 0) is 0 Å². The van der Waals surface area contributed by atoms with E-state index in [2.05, 4.69) is 31.3 Å². The first-order valence-corrected chi connectivity index (χ1v) is 6.75. The molecule has 2 nitrogen and oxygen atoms in total. The molecule has 0 fully saturated rings. The Balaban J connectivity index is 2.10. The Kier molecular flexibility index (Phi) is 3.54. The van der Waals surface area contributed by atoms with Crippen LogP contribution in [0.15, 0.2) is 35.3 Å². The third-order valence-corrected chi connectivity index (χ3v) is 3.91.